The Balaban J connectivity index is 3.46. The second-order valence-corrected chi connectivity index (χ2v) is 21.7. The SMILES string of the molecule is CCCCCCCC/C=C\CCCCCCCCCC(=O)OCCCCCCCCCC/C=C\CCCCCCCCCC(=O)NC(CO)C(O)/C=C/CCCCCCCCCCCCCCCCCC. The summed E-state index contributed by atoms with van der Waals surface area (Å²) in [5.41, 5.74) is 0. The van der Waals surface area contributed by atoms with Gasteiger partial charge in [0.1, 0.15) is 0 Å². The molecule has 0 aliphatic heterocycles. The standard InChI is InChI=1S/C65H123NO5/c1-3-5-7-9-11-13-15-17-19-21-26-29-33-37-41-45-49-53-57-63(68)62(61-67)66-64(69)58-54-50-46-42-38-34-30-27-23-22-24-28-32-36-40-44-48-52-56-60-71-65(70)59-55-51-47-43-39-35-31-25-20-18-16-14-12-10-8-6-4-2/h18,20,22-23,53,57,62-63,67-68H,3-17,19,21,24-52,54-56,58-61H2,1-2H3,(H,66,69)/b20-18-,23-22-,57-53+. The van der Waals surface area contributed by atoms with Gasteiger partial charge in [0, 0.05) is 12.8 Å². The highest BCUT2D eigenvalue weighted by atomic mass is 16.5. The van der Waals surface area contributed by atoms with E-state index in [1.165, 1.54) is 263 Å². The summed E-state index contributed by atoms with van der Waals surface area (Å²) < 4.78 is 5.49. The average Bonchev–Trinajstić information content (AvgIpc) is 3.37. The lowest BCUT2D eigenvalue weighted by Crippen LogP contribution is -2.45. The van der Waals surface area contributed by atoms with Gasteiger partial charge in [-0.2, -0.15) is 0 Å². The Bertz CT molecular complexity index is 1150. The third-order valence-corrected chi connectivity index (χ3v) is 14.6. The first-order valence-electron chi connectivity index (χ1n) is 31.8. The van der Waals surface area contributed by atoms with Gasteiger partial charge >= 0.3 is 5.97 Å². The molecule has 6 nitrogen and oxygen atoms in total. The van der Waals surface area contributed by atoms with E-state index in [0.29, 0.717) is 19.4 Å². The van der Waals surface area contributed by atoms with Gasteiger partial charge in [-0.1, -0.05) is 281 Å². The minimum absolute atomic E-state index is 0.0000782. The summed E-state index contributed by atoms with van der Waals surface area (Å²) in [5, 5.41) is 23.2. The summed E-state index contributed by atoms with van der Waals surface area (Å²) in [5.74, 6) is -0.0756. The zero-order valence-electron chi connectivity index (χ0n) is 47.7. The number of ether oxygens (including phenoxy) is 1. The van der Waals surface area contributed by atoms with Gasteiger partial charge in [0.15, 0.2) is 0 Å². The van der Waals surface area contributed by atoms with Crippen LogP contribution in [0.15, 0.2) is 36.5 Å². The van der Waals surface area contributed by atoms with E-state index < -0.39 is 12.1 Å². The smallest absolute Gasteiger partial charge is 0.305 e. The number of allylic oxidation sites excluding steroid dienone is 5. The van der Waals surface area contributed by atoms with Gasteiger partial charge in [0.2, 0.25) is 5.91 Å². The summed E-state index contributed by atoms with van der Waals surface area (Å²) >= 11 is 0. The van der Waals surface area contributed by atoms with E-state index in [4.69, 9.17) is 4.74 Å². The lowest BCUT2D eigenvalue weighted by molar-refractivity contribution is -0.143. The molecule has 0 heterocycles. The lowest BCUT2D eigenvalue weighted by atomic mass is 10.0. The monoisotopic (exact) mass is 998 g/mol. The van der Waals surface area contributed by atoms with Crippen LogP contribution in [0, 0.1) is 0 Å². The summed E-state index contributed by atoms with van der Waals surface area (Å²) in [6.45, 7) is 4.90. The molecule has 0 rings (SSSR count). The van der Waals surface area contributed by atoms with Crippen molar-refractivity contribution in [1.29, 1.82) is 0 Å². The molecule has 0 saturated heterocycles. The van der Waals surface area contributed by atoms with Crippen LogP contribution < -0.4 is 5.32 Å². The highest BCUT2D eigenvalue weighted by molar-refractivity contribution is 5.76. The molecule has 0 radical (unpaired) electrons. The fraction of sp³-hybridized carbons (Fsp3) is 0.877. The number of hydrogen-bond donors (Lipinski definition) is 3. The minimum atomic E-state index is -0.852. The number of esters is 1. The first-order valence-corrected chi connectivity index (χ1v) is 31.8. The molecule has 0 aromatic heterocycles. The second kappa shape index (κ2) is 60.6. The van der Waals surface area contributed by atoms with E-state index in [1.807, 2.05) is 6.08 Å². The molecule has 0 aliphatic rings. The largest absolute Gasteiger partial charge is 0.466 e. The van der Waals surface area contributed by atoms with Crippen molar-refractivity contribution in [3.63, 3.8) is 0 Å². The first-order chi connectivity index (χ1) is 35.0. The van der Waals surface area contributed by atoms with Gasteiger partial charge in [0.05, 0.1) is 25.4 Å². The second-order valence-electron chi connectivity index (χ2n) is 21.7. The molecule has 2 unspecified atom stereocenters. The maximum absolute atomic E-state index is 12.5. The highest BCUT2D eigenvalue weighted by Crippen LogP contribution is 2.17. The molecule has 0 aliphatic carbocycles. The number of nitrogens with one attached hydrogen (secondary N) is 1. The molecule has 6 heteroatoms. The molecule has 0 fully saturated rings. The van der Waals surface area contributed by atoms with Crippen LogP contribution in [0.1, 0.15) is 341 Å². The number of unbranched alkanes of at least 4 members (excludes halogenated alkanes) is 44. The van der Waals surface area contributed by atoms with Crippen LogP contribution in [0.4, 0.5) is 0 Å². The van der Waals surface area contributed by atoms with Crippen molar-refractivity contribution in [3.05, 3.63) is 36.5 Å². The van der Waals surface area contributed by atoms with E-state index >= 15 is 0 Å². The van der Waals surface area contributed by atoms with E-state index in [0.717, 1.165) is 51.4 Å². The van der Waals surface area contributed by atoms with Crippen LogP contribution >= 0.6 is 0 Å². The molecular formula is C65H123NO5. The third kappa shape index (κ3) is 57.2. The van der Waals surface area contributed by atoms with Crippen LogP contribution in [0.3, 0.4) is 0 Å². The summed E-state index contributed by atoms with van der Waals surface area (Å²) in [4.78, 5) is 24.6. The lowest BCUT2D eigenvalue weighted by Gasteiger charge is -2.20. The van der Waals surface area contributed by atoms with Crippen LogP contribution in [-0.4, -0.2) is 47.4 Å². The Hall–Kier alpha value is -1.92. The zero-order chi connectivity index (χ0) is 51.4. The number of carbonyl (C=O) groups excluding carboxylic acids is 2. The Morgan fingerprint density at radius 3 is 1.00 bits per heavy atom. The molecule has 0 bridgehead atoms. The maximum Gasteiger partial charge on any atom is 0.305 e. The number of aliphatic hydroxyl groups is 2. The fourth-order valence-electron chi connectivity index (χ4n) is 9.74. The van der Waals surface area contributed by atoms with E-state index in [2.05, 4.69) is 43.5 Å². The van der Waals surface area contributed by atoms with Crippen molar-refractivity contribution < 1.29 is 24.5 Å². The number of hydrogen-bond acceptors (Lipinski definition) is 5. The van der Waals surface area contributed by atoms with Crippen molar-refractivity contribution in [1.82, 2.24) is 5.32 Å². The van der Waals surface area contributed by atoms with Gasteiger partial charge < -0.3 is 20.3 Å². The third-order valence-electron chi connectivity index (χ3n) is 14.6. The Labute approximate surface area is 443 Å². The molecule has 71 heavy (non-hydrogen) atoms. The van der Waals surface area contributed by atoms with Crippen LogP contribution in [-0.2, 0) is 14.3 Å². The maximum atomic E-state index is 12.5. The quantitative estimate of drug-likeness (QED) is 0.0321. The van der Waals surface area contributed by atoms with E-state index in [9.17, 15) is 19.8 Å². The summed E-state index contributed by atoms with van der Waals surface area (Å²) in [6.07, 6.45) is 76.1. The molecule has 1 amide bonds. The van der Waals surface area contributed by atoms with Gasteiger partial charge in [-0.3, -0.25) is 9.59 Å². The first kappa shape index (κ1) is 69.1. The van der Waals surface area contributed by atoms with Crippen molar-refractivity contribution in [3.8, 4) is 0 Å². The van der Waals surface area contributed by atoms with E-state index in [1.54, 1.807) is 6.08 Å². The average molecular weight is 999 g/mol. The molecule has 3 N–H and O–H groups in total. The highest BCUT2D eigenvalue weighted by Gasteiger charge is 2.18. The normalized spacial score (nSPS) is 12.8. The van der Waals surface area contributed by atoms with Crippen LogP contribution in [0.25, 0.3) is 0 Å². The molecular weight excluding hydrogens is 875 g/mol. The van der Waals surface area contributed by atoms with Crippen LogP contribution in [0.2, 0.25) is 0 Å². The Kier molecular flexibility index (Phi) is 59.0. The molecule has 418 valence electrons. The molecule has 0 aromatic rings. The fourth-order valence-corrected chi connectivity index (χ4v) is 9.74. The van der Waals surface area contributed by atoms with Crippen molar-refractivity contribution >= 4 is 11.9 Å². The van der Waals surface area contributed by atoms with Crippen LogP contribution in [0.5, 0.6) is 0 Å². The molecule has 0 saturated carbocycles. The summed E-state index contributed by atoms with van der Waals surface area (Å²) in [7, 11) is 0. The number of aliphatic hydroxyl groups excluding tert-OH is 2. The van der Waals surface area contributed by atoms with Gasteiger partial charge in [0.25, 0.3) is 0 Å². The van der Waals surface area contributed by atoms with Gasteiger partial charge in [-0.05, 0) is 83.5 Å². The minimum Gasteiger partial charge on any atom is -0.466 e. The van der Waals surface area contributed by atoms with Gasteiger partial charge in [-0.15, -0.1) is 0 Å². The number of carbonyl (C=O) groups is 2. The van der Waals surface area contributed by atoms with Crippen molar-refractivity contribution in [2.24, 2.45) is 0 Å². The predicted octanol–water partition coefficient (Wildman–Crippen LogP) is 20.0. The number of rotatable bonds is 59. The zero-order valence-corrected chi connectivity index (χ0v) is 47.7. The Morgan fingerprint density at radius 1 is 0.380 bits per heavy atom. The van der Waals surface area contributed by atoms with Gasteiger partial charge in [-0.25, -0.2) is 0 Å². The van der Waals surface area contributed by atoms with E-state index in [-0.39, 0.29) is 18.5 Å². The molecule has 0 aromatic carbocycles. The van der Waals surface area contributed by atoms with Crippen molar-refractivity contribution in [2.75, 3.05) is 13.2 Å². The Morgan fingerprint density at radius 2 is 0.662 bits per heavy atom. The molecule has 2 atom stereocenters. The van der Waals surface area contributed by atoms with Crippen molar-refractivity contribution in [2.45, 2.75) is 353 Å². The topological polar surface area (TPSA) is 95.9 Å². The predicted molar refractivity (Wildman–Crippen MR) is 310 cm³/mol. The number of amides is 1. The summed E-state index contributed by atoms with van der Waals surface area (Å²) in [6, 6.07) is -0.636. The molecule has 0 spiro atoms.